The fourth-order valence-corrected chi connectivity index (χ4v) is 1.71. The lowest BCUT2D eigenvalue weighted by Crippen LogP contribution is -2.15. The number of aromatic nitrogens is 3. The highest BCUT2D eigenvalue weighted by Crippen LogP contribution is 2.12. The molecular formula is C15H17N5O. The number of nitrogens with zero attached hydrogens (tertiary/aromatic N) is 3. The average molecular weight is 283 g/mol. The van der Waals surface area contributed by atoms with Gasteiger partial charge in [-0.3, -0.25) is 9.48 Å². The fraction of sp³-hybridized carbons (Fsp3) is 0.267. The predicted octanol–water partition coefficient (Wildman–Crippen LogP) is 1.42. The number of rotatable bonds is 3. The standard InChI is InChI=1S/C15H17N5O/c1-11(2)20-10-13(9-18-20)19-15(21)14-12(5-3-7-16)6-4-8-17-14/h4,6,8-11H,7,16H2,1-2H3,(H,19,21). The normalized spacial score (nSPS) is 10.1. The molecule has 6 nitrogen and oxygen atoms in total. The summed E-state index contributed by atoms with van der Waals surface area (Å²) in [6, 6.07) is 3.70. The van der Waals surface area contributed by atoms with Crippen LogP contribution in [0.25, 0.3) is 0 Å². The lowest BCUT2D eigenvalue weighted by Gasteiger charge is -2.05. The van der Waals surface area contributed by atoms with Gasteiger partial charge < -0.3 is 11.1 Å². The zero-order valence-electron chi connectivity index (χ0n) is 12.0. The van der Waals surface area contributed by atoms with Gasteiger partial charge in [0.1, 0.15) is 5.69 Å². The molecule has 0 aliphatic rings. The van der Waals surface area contributed by atoms with Crippen molar-refractivity contribution in [1.82, 2.24) is 14.8 Å². The highest BCUT2D eigenvalue weighted by Gasteiger charge is 2.13. The first kappa shape index (κ1) is 14.8. The quantitative estimate of drug-likeness (QED) is 0.834. The summed E-state index contributed by atoms with van der Waals surface area (Å²) in [5.41, 5.74) is 6.80. The maximum absolute atomic E-state index is 12.3. The van der Waals surface area contributed by atoms with Crippen LogP contribution in [0.15, 0.2) is 30.7 Å². The first-order valence-electron chi connectivity index (χ1n) is 6.61. The monoisotopic (exact) mass is 283 g/mol. The van der Waals surface area contributed by atoms with Gasteiger partial charge in [0.2, 0.25) is 0 Å². The molecule has 0 unspecified atom stereocenters. The Balaban J connectivity index is 2.20. The van der Waals surface area contributed by atoms with E-state index in [0.717, 1.165) is 0 Å². The molecule has 2 heterocycles. The van der Waals surface area contributed by atoms with Gasteiger partial charge in [0, 0.05) is 18.4 Å². The number of carbonyl (C=O) groups is 1. The van der Waals surface area contributed by atoms with Crippen LogP contribution in [0.1, 0.15) is 35.9 Å². The number of anilines is 1. The summed E-state index contributed by atoms with van der Waals surface area (Å²) in [6.45, 7) is 4.26. The van der Waals surface area contributed by atoms with Crippen LogP contribution in [0.5, 0.6) is 0 Å². The maximum Gasteiger partial charge on any atom is 0.275 e. The van der Waals surface area contributed by atoms with Crippen molar-refractivity contribution in [3.8, 4) is 11.8 Å². The molecule has 0 fully saturated rings. The van der Waals surface area contributed by atoms with Crippen molar-refractivity contribution in [2.45, 2.75) is 19.9 Å². The lowest BCUT2D eigenvalue weighted by molar-refractivity contribution is 0.102. The Labute approximate surface area is 123 Å². The second-order valence-corrected chi connectivity index (χ2v) is 4.66. The van der Waals surface area contributed by atoms with Gasteiger partial charge in [0.15, 0.2) is 0 Å². The Morgan fingerprint density at radius 2 is 2.33 bits per heavy atom. The molecule has 2 aromatic rings. The van der Waals surface area contributed by atoms with Crippen LogP contribution in [-0.4, -0.2) is 27.2 Å². The molecular weight excluding hydrogens is 266 g/mol. The minimum absolute atomic E-state index is 0.233. The van der Waals surface area contributed by atoms with E-state index in [1.54, 1.807) is 35.4 Å². The van der Waals surface area contributed by atoms with Gasteiger partial charge in [-0.1, -0.05) is 11.8 Å². The number of amides is 1. The van der Waals surface area contributed by atoms with Gasteiger partial charge in [-0.15, -0.1) is 0 Å². The Morgan fingerprint density at radius 1 is 1.52 bits per heavy atom. The molecule has 0 atom stereocenters. The van der Waals surface area contributed by atoms with E-state index in [4.69, 9.17) is 5.73 Å². The number of hydrogen-bond donors (Lipinski definition) is 2. The van der Waals surface area contributed by atoms with Crippen LogP contribution in [0.3, 0.4) is 0 Å². The van der Waals surface area contributed by atoms with Gasteiger partial charge in [-0.05, 0) is 26.0 Å². The molecule has 0 aromatic carbocycles. The first-order valence-corrected chi connectivity index (χ1v) is 6.61. The van der Waals surface area contributed by atoms with Crippen LogP contribution in [0, 0.1) is 11.8 Å². The number of nitrogens with two attached hydrogens (primary N) is 1. The van der Waals surface area contributed by atoms with E-state index >= 15 is 0 Å². The van der Waals surface area contributed by atoms with Crippen LogP contribution in [-0.2, 0) is 0 Å². The van der Waals surface area contributed by atoms with E-state index < -0.39 is 0 Å². The second kappa shape index (κ2) is 6.68. The van der Waals surface area contributed by atoms with E-state index in [0.29, 0.717) is 11.3 Å². The van der Waals surface area contributed by atoms with Gasteiger partial charge in [-0.2, -0.15) is 5.10 Å². The van der Waals surface area contributed by atoms with Crippen LogP contribution < -0.4 is 11.1 Å². The Kier molecular flexibility index (Phi) is 4.69. The molecule has 0 radical (unpaired) electrons. The molecule has 0 aliphatic heterocycles. The summed E-state index contributed by atoms with van der Waals surface area (Å²) in [7, 11) is 0. The predicted molar refractivity (Wildman–Crippen MR) is 80.7 cm³/mol. The SMILES string of the molecule is CC(C)n1cc(NC(=O)c2ncccc2C#CCN)cn1. The van der Waals surface area contributed by atoms with Crippen molar-refractivity contribution >= 4 is 11.6 Å². The van der Waals surface area contributed by atoms with Crippen LogP contribution in [0.4, 0.5) is 5.69 Å². The van der Waals surface area contributed by atoms with Crippen molar-refractivity contribution in [2.75, 3.05) is 11.9 Å². The molecule has 0 spiro atoms. The summed E-state index contributed by atoms with van der Waals surface area (Å²) < 4.78 is 1.77. The van der Waals surface area contributed by atoms with E-state index in [9.17, 15) is 4.79 Å². The van der Waals surface area contributed by atoms with Crippen LogP contribution >= 0.6 is 0 Å². The molecule has 1 amide bonds. The van der Waals surface area contributed by atoms with Gasteiger partial charge in [0.25, 0.3) is 5.91 Å². The average Bonchev–Trinajstić information content (AvgIpc) is 2.94. The number of nitrogens with one attached hydrogen (secondary N) is 1. The van der Waals surface area contributed by atoms with Crippen molar-refractivity contribution in [3.05, 3.63) is 42.0 Å². The molecule has 108 valence electrons. The van der Waals surface area contributed by atoms with E-state index in [1.807, 2.05) is 13.8 Å². The fourth-order valence-electron chi connectivity index (χ4n) is 1.71. The van der Waals surface area contributed by atoms with E-state index in [-0.39, 0.29) is 24.2 Å². The molecule has 0 saturated heterocycles. The van der Waals surface area contributed by atoms with Crippen molar-refractivity contribution in [3.63, 3.8) is 0 Å². The first-order chi connectivity index (χ1) is 10.1. The number of hydrogen-bond acceptors (Lipinski definition) is 4. The van der Waals surface area contributed by atoms with Gasteiger partial charge in [0.05, 0.1) is 24.0 Å². The lowest BCUT2D eigenvalue weighted by atomic mass is 10.2. The molecule has 6 heteroatoms. The zero-order valence-corrected chi connectivity index (χ0v) is 12.0. The minimum atomic E-state index is -0.319. The summed E-state index contributed by atoms with van der Waals surface area (Å²) in [6.07, 6.45) is 4.93. The summed E-state index contributed by atoms with van der Waals surface area (Å²) in [4.78, 5) is 16.4. The topological polar surface area (TPSA) is 85.8 Å². The Bertz CT molecular complexity index is 693. The van der Waals surface area contributed by atoms with Crippen molar-refractivity contribution in [2.24, 2.45) is 5.73 Å². The zero-order chi connectivity index (χ0) is 15.2. The third-order valence-electron chi connectivity index (χ3n) is 2.74. The molecule has 0 saturated carbocycles. The van der Waals surface area contributed by atoms with E-state index in [2.05, 4.69) is 27.2 Å². The smallest absolute Gasteiger partial charge is 0.275 e. The highest BCUT2D eigenvalue weighted by molar-refractivity contribution is 6.04. The molecule has 21 heavy (non-hydrogen) atoms. The van der Waals surface area contributed by atoms with Crippen LogP contribution in [0.2, 0.25) is 0 Å². The summed E-state index contributed by atoms with van der Waals surface area (Å²) >= 11 is 0. The molecule has 0 bridgehead atoms. The summed E-state index contributed by atoms with van der Waals surface area (Å²) in [5.74, 6) is 5.25. The van der Waals surface area contributed by atoms with Gasteiger partial charge in [-0.25, -0.2) is 4.98 Å². The third-order valence-corrected chi connectivity index (χ3v) is 2.74. The van der Waals surface area contributed by atoms with Gasteiger partial charge >= 0.3 is 0 Å². The molecule has 3 N–H and O–H groups in total. The second-order valence-electron chi connectivity index (χ2n) is 4.66. The molecule has 2 aromatic heterocycles. The number of carbonyl (C=O) groups excluding carboxylic acids is 1. The maximum atomic E-state index is 12.3. The molecule has 2 rings (SSSR count). The van der Waals surface area contributed by atoms with E-state index in [1.165, 1.54) is 0 Å². The Morgan fingerprint density at radius 3 is 3.00 bits per heavy atom. The van der Waals surface area contributed by atoms with Crippen molar-refractivity contribution < 1.29 is 4.79 Å². The number of pyridine rings is 1. The largest absolute Gasteiger partial charge is 0.320 e. The third kappa shape index (κ3) is 3.68. The highest BCUT2D eigenvalue weighted by atomic mass is 16.1. The minimum Gasteiger partial charge on any atom is -0.320 e. The van der Waals surface area contributed by atoms with Crippen molar-refractivity contribution in [1.29, 1.82) is 0 Å². The molecule has 0 aliphatic carbocycles. The summed E-state index contributed by atoms with van der Waals surface area (Å²) in [5, 5.41) is 6.94. The Hall–Kier alpha value is -2.65.